The SMILES string of the molecule is COc1ccc(Cl)cc1CCN(C)C1CCNC1. The lowest BCUT2D eigenvalue weighted by Gasteiger charge is -2.23. The highest BCUT2D eigenvalue weighted by Crippen LogP contribution is 2.23. The van der Waals surface area contributed by atoms with E-state index >= 15 is 0 Å². The van der Waals surface area contributed by atoms with Gasteiger partial charge in [-0.15, -0.1) is 0 Å². The molecule has 1 aromatic carbocycles. The minimum Gasteiger partial charge on any atom is -0.496 e. The van der Waals surface area contributed by atoms with Crippen LogP contribution < -0.4 is 10.1 Å². The highest BCUT2D eigenvalue weighted by atomic mass is 35.5. The van der Waals surface area contributed by atoms with E-state index in [4.69, 9.17) is 16.3 Å². The topological polar surface area (TPSA) is 24.5 Å². The molecule has 1 saturated heterocycles. The molecule has 0 radical (unpaired) electrons. The van der Waals surface area contributed by atoms with E-state index in [1.807, 2.05) is 18.2 Å². The molecular formula is C14H21ClN2O. The third-order valence-corrected chi connectivity index (χ3v) is 3.87. The highest BCUT2D eigenvalue weighted by Gasteiger charge is 2.19. The maximum Gasteiger partial charge on any atom is 0.122 e. The highest BCUT2D eigenvalue weighted by molar-refractivity contribution is 6.30. The van der Waals surface area contributed by atoms with Crippen molar-refractivity contribution < 1.29 is 4.74 Å². The van der Waals surface area contributed by atoms with Gasteiger partial charge >= 0.3 is 0 Å². The van der Waals surface area contributed by atoms with E-state index in [1.54, 1.807) is 7.11 Å². The first-order valence-corrected chi connectivity index (χ1v) is 6.82. The molecule has 0 saturated carbocycles. The first-order chi connectivity index (χ1) is 8.70. The molecule has 0 amide bonds. The van der Waals surface area contributed by atoms with Gasteiger partial charge in [0.05, 0.1) is 7.11 Å². The summed E-state index contributed by atoms with van der Waals surface area (Å²) in [5.41, 5.74) is 1.18. The Morgan fingerprint density at radius 2 is 2.33 bits per heavy atom. The van der Waals surface area contributed by atoms with Crippen molar-refractivity contribution in [1.29, 1.82) is 0 Å². The lowest BCUT2D eigenvalue weighted by molar-refractivity contribution is 0.259. The Morgan fingerprint density at radius 3 is 3.00 bits per heavy atom. The number of hydrogen-bond donors (Lipinski definition) is 1. The van der Waals surface area contributed by atoms with Crippen LogP contribution in [0.25, 0.3) is 0 Å². The number of ether oxygens (including phenoxy) is 1. The Balaban J connectivity index is 1.94. The zero-order valence-corrected chi connectivity index (χ0v) is 11.8. The van der Waals surface area contributed by atoms with Crippen LogP contribution in [-0.4, -0.2) is 44.7 Å². The molecular weight excluding hydrogens is 248 g/mol. The largest absolute Gasteiger partial charge is 0.496 e. The molecule has 1 aliphatic heterocycles. The fourth-order valence-corrected chi connectivity index (χ4v) is 2.63. The summed E-state index contributed by atoms with van der Waals surface area (Å²) >= 11 is 6.04. The molecule has 0 aromatic heterocycles. The first-order valence-electron chi connectivity index (χ1n) is 6.44. The minimum atomic E-state index is 0.662. The van der Waals surface area contributed by atoms with E-state index in [9.17, 15) is 0 Å². The second kappa shape index (κ2) is 6.41. The smallest absolute Gasteiger partial charge is 0.122 e. The van der Waals surface area contributed by atoms with Gasteiger partial charge in [-0.1, -0.05) is 11.6 Å². The number of rotatable bonds is 5. The third-order valence-electron chi connectivity index (χ3n) is 3.63. The summed E-state index contributed by atoms with van der Waals surface area (Å²) in [6.07, 6.45) is 2.21. The maximum atomic E-state index is 6.04. The first kappa shape index (κ1) is 13.7. The van der Waals surface area contributed by atoms with Gasteiger partial charge in [-0.05, 0) is 50.2 Å². The van der Waals surface area contributed by atoms with Gasteiger partial charge in [0.15, 0.2) is 0 Å². The zero-order chi connectivity index (χ0) is 13.0. The van der Waals surface area contributed by atoms with Crippen LogP contribution in [0.5, 0.6) is 5.75 Å². The van der Waals surface area contributed by atoms with Crippen LogP contribution in [0.3, 0.4) is 0 Å². The van der Waals surface area contributed by atoms with Crippen LogP contribution in [0.2, 0.25) is 5.02 Å². The lowest BCUT2D eigenvalue weighted by Crippen LogP contribution is -2.34. The van der Waals surface area contributed by atoms with E-state index < -0.39 is 0 Å². The molecule has 1 unspecified atom stereocenters. The standard InChI is InChI=1S/C14H21ClN2O/c1-17(13-5-7-16-10-13)8-6-11-9-12(15)3-4-14(11)18-2/h3-4,9,13,16H,5-8,10H2,1-2H3. The number of nitrogens with one attached hydrogen (secondary N) is 1. The maximum absolute atomic E-state index is 6.04. The molecule has 2 rings (SSSR count). The fourth-order valence-electron chi connectivity index (χ4n) is 2.44. The Labute approximate surface area is 114 Å². The molecule has 100 valence electrons. The van der Waals surface area contributed by atoms with Crippen molar-refractivity contribution in [2.75, 3.05) is 33.8 Å². The summed E-state index contributed by atoms with van der Waals surface area (Å²) in [6, 6.07) is 6.47. The number of halogens is 1. The number of likely N-dealkylation sites (N-methyl/N-ethyl adjacent to an activating group) is 1. The molecule has 1 N–H and O–H groups in total. The van der Waals surface area contributed by atoms with E-state index in [1.165, 1.54) is 12.0 Å². The van der Waals surface area contributed by atoms with Gasteiger partial charge in [0, 0.05) is 24.2 Å². The van der Waals surface area contributed by atoms with Crippen molar-refractivity contribution in [2.45, 2.75) is 18.9 Å². The van der Waals surface area contributed by atoms with Gasteiger partial charge in [0.25, 0.3) is 0 Å². The van der Waals surface area contributed by atoms with Crippen molar-refractivity contribution in [2.24, 2.45) is 0 Å². The molecule has 0 bridgehead atoms. The lowest BCUT2D eigenvalue weighted by atomic mass is 10.1. The average molecular weight is 269 g/mol. The fraction of sp³-hybridized carbons (Fsp3) is 0.571. The van der Waals surface area contributed by atoms with E-state index in [-0.39, 0.29) is 0 Å². The van der Waals surface area contributed by atoms with Gasteiger partial charge in [-0.2, -0.15) is 0 Å². The molecule has 4 heteroatoms. The average Bonchev–Trinajstić information content (AvgIpc) is 2.90. The Hall–Kier alpha value is -0.770. The number of methoxy groups -OCH3 is 1. The molecule has 1 aliphatic rings. The van der Waals surface area contributed by atoms with Gasteiger partial charge in [0.1, 0.15) is 5.75 Å². The molecule has 18 heavy (non-hydrogen) atoms. The summed E-state index contributed by atoms with van der Waals surface area (Å²) in [5.74, 6) is 0.928. The second-order valence-corrected chi connectivity index (χ2v) is 5.27. The van der Waals surface area contributed by atoms with Crippen LogP contribution in [0.1, 0.15) is 12.0 Å². The zero-order valence-electron chi connectivity index (χ0n) is 11.1. The van der Waals surface area contributed by atoms with Crippen LogP contribution in [0.4, 0.5) is 0 Å². The predicted octanol–water partition coefficient (Wildman–Crippen LogP) is 2.18. The Morgan fingerprint density at radius 1 is 1.50 bits per heavy atom. The summed E-state index contributed by atoms with van der Waals surface area (Å²) in [6.45, 7) is 3.27. The minimum absolute atomic E-state index is 0.662. The van der Waals surface area contributed by atoms with E-state index in [2.05, 4.69) is 17.3 Å². The predicted molar refractivity (Wildman–Crippen MR) is 75.6 cm³/mol. The van der Waals surface area contributed by atoms with Gasteiger partial charge in [-0.25, -0.2) is 0 Å². The number of nitrogens with zero attached hydrogens (tertiary/aromatic N) is 1. The van der Waals surface area contributed by atoms with Crippen molar-refractivity contribution in [3.63, 3.8) is 0 Å². The number of benzene rings is 1. The van der Waals surface area contributed by atoms with Gasteiger partial charge in [0.2, 0.25) is 0 Å². The van der Waals surface area contributed by atoms with Crippen LogP contribution in [0.15, 0.2) is 18.2 Å². The van der Waals surface area contributed by atoms with Crippen molar-refractivity contribution in [3.05, 3.63) is 28.8 Å². The normalized spacial score (nSPS) is 19.4. The van der Waals surface area contributed by atoms with Crippen molar-refractivity contribution in [3.8, 4) is 5.75 Å². The number of hydrogen-bond acceptors (Lipinski definition) is 3. The Kier molecular flexibility index (Phi) is 4.87. The summed E-state index contributed by atoms with van der Waals surface area (Å²) < 4.78 is 5.37. The molecule has 3 nitrogen and oxygen atoms in total. The quantitative estimate of drug-likeness (QED) is 0.886. The van der Waals surface area contributed by atoms with Gasteiger partial charge < -0.3 is 15.0 Å². The van der Waals surface area contributed by atoms with Crippen LogP contribution in [-0.2, 0) is 6.42 Å². The monoisotopic (exact) mass is 268 g/mol. The Bertz CT molecular complexity index is 391. The van der Waals surface area contributed by atoms with Crippen molar-refractivity contribution in [1.82, 2.24) is 10.2 Å². The molecule has 0 spiro atoms. The van der Waals surface area contributed by atoms with E-state index in [0.717, 1.165) is 36.8 Å². The molecule has 0 aliphatic carbocycles. The molecule has 1 atom stereocenters. The summed E-state index contributed by atoms with van der Waals surface area (Å²) in [4.78, 5) is 2.42. The molecule has 1 fully saturated rings. The van der Waals surface area contributed by atoms with Crippen molar-refractivity contribution >= 4 is 11.6 Å². The van der Waals surface area contributed by atoms with Gasteiger partial charge in [-0.3, -0.25) is 0 Å². The van der Waals surface area contributed by atoms with Crippen LogP contribution in [0, 0.1) is 0 Å². The van der Waals surface area contributed by atoms with E-state index in [0.29, 0.717) is 6.04 Å². The summed E-state index contributed by atoms with van der Waals surface area (Å²) in [7, 11) is 3.89. The third kappa shape index (κ3) is 3.37. The molecule has 1 heterocycles. The molecule has 1 aromatic rings. The van der Waals surface area contributed by atoms with Crippen LogP contribution >= 0.6 is 11.6 Å². The second-order valence-electron chi connectivity index (χ2n) is 4.83. The summed E-state index contributed by atoms with van der Waals surface area (Å²) in [5, 5.41) is 4.17.